The van der Waals surface area contributed by atoms with Crippen molar-refractivity contribution >= 4 is 38.1 Å². The van der Waals surface area contributed by atoms with Crippen LogP contribution >= 0.6 is 0 Å². The molecule has 11 heteroatoms. The van der Waals surface area contributed by atoms with Crippen LogP contribution in [-0.2, 0) is 28.5 Å². The first-order chi connectivity index (χ1) is 50.2. The van der Waals surface area contributed by atoms with Crippen LogP contribution in [0.4, 0.5) is 0 Å². The number of Topliss-reactive ketones (excluding diaryl/α,β-unsaturated/α-hetero) is 1. The summed E-state index contributed by atoms with van der Waals surface area (Å²) in [5.74, 6) is 3.79. The van der Waals surface area contributed by atoms with Gasteiger partial charge in [-0.2, -0.15) is 0 Å². The van der Waals surface area contributed by atoms with Gasteiger partial charge in [0, 0.05) is 104 Å². The number of ether oxygens (including phenoxy) is 5. The number of allylic oxidation sites excluding steroid dienone is 3. The molecule has 8 aliphatic heterocycles. The van der Waals surface area contributed by atoms with Gasteiger partial charge in [0.05, 0.1) is 60.0 Å². The molecule has 6 saturated carbocycles. The number of morpholine rings is 2. The van der Waals surface area contributed by atoms with Gasteiger partial charge in [0.15, 0.2) is 0 Å². The van der Waals surface area contributed by atoms with Gasteiger partial charge in [-0.25, -0.2) is 0 Å². The maximum atomic E-state index is 12.4. The highest BCUT2D eigenvalue weighted by Gasteiger charge is 2.70. The first-order valence-corrected chi connectivity index (χ1v) is 40.7. The number of ketones is 1. The van der Waals surface area contributed by atoms with Crippen LogP contribution in [0.1, 0.15) is 232 Å². The number of fused-ring (bicyclic) bond motifs is 6. The second-order valence-corrected chi connectivity index (χ2v) is 36.4. The number of hydrogen-bond donors (Lipinski definition) is 0. The first kappa shape index (κ1) is 71.3. The highest BCUT2D eigenvalue weighted by atomic mass is 16.5. The summed E-state index contributed by atoms with van der Waals surface area (Å²) in [4.78, 5) is 30.9. The summed E-state index contributed by atoms with van der Waals surface area (Å²) in [5.41, 5.74) is 13.5. The molecule has 6 aromatic rings. The Balaban J connectivity index is 0.000000111. The van der Waals surface area contributed by atoms with E-state index in [1.807, 2.05) is 37.2 Å². The highest BCUT2D eigenvalue weighted by Crippen LogP contribution is 2.73. The van der Waals surface area contributed by atoms with Crippen LogP contribution in [-0.4, -0.2) is 129 Å². The lowest BCUT2D eigenvalue weighted by Crippen LogP contribution is -2.56. The third kappa shape index (κ3) is 10.6. The van der Waals surface area contributed by atoms with Crippen LogP contribution in [0.3, 0.4) is 0 Å². The third-order valence-corrected chi connectivity index (χ3v) is 32.1. The fraction of sp³-hybridized carbons (Fsp3) is 0.579. The Morgan fingerprint density at radius 1 is 0.396 bits per heavy atom. The minimum absolute atomic E-state index is 0. The van der Waals surface area contributed by atoms with Crippen molar-refractivity contribution in [1.82, 2.24) is 24.8 Å². The predicted molar refractivity (Wildman–Crippen MR) is 425 cm³/mol. The second-order valence-electron chi connectivity index (χ2n) is 36.4. The van der Waals surface area contributed by atoms with E-state index in [2.05, 4.69) is 155 Å². The van der Waals surface area contributed by atoms with Crippen molar-refractivity contribution in [2.45, 2.75) is 261 Å². The Morgan fingerprint density at radius 3 is 1.14 bits per heavy atom. The second kappa shape index (κ2) is 26.2. The number of carbonyl (C=O) groups is 1. The van der Waals surface area contributed by atoms with Crippen molar-refractivity contribution in [3.8, 4) is 0 Å². The van der Waals surface area contributed by atoms with Gasteiger partial charge in [-0.3, -0.25) is 29.5 Å². The van der Waals surface area contributed by atoms with Gasteiger partial charge < -0.3 is 23.7 Å². The van der Waals surface area contributed by atoms with Gasteiger partial charge in [-0.15, -0.1) is 0 Å². The van der Waals surface area contributed by atoms with Gasteiger partial charge in [0.1, 0.15) is 5.78 Å². The standard InChI is InChI=1S/2C32H38N2O2.C28H29NO2.3CH4/c2*1-30-10-8-26-19-25-4-5-27(34-14-16-35-17-15-34)20-31(25)11-12-32(26,36-31)29(30)7-6-28(30)23-3-2-22-9-13-33-21-24(22)18-23;1-26-10-8-22-15-21-4-5-23(30)16-27(21)11-12-28(22,31-27)25(26)7-6-24(26)19-3-2-18-9-13-29-17-20(18)14-19;;;/h2*2-3,8-9,13,18-19,21,27-29H,4-7,10-12,14-17,20H2,1H3;2-3,8-9,13-15,17,24-25H,4-7,10-12,16H2,1H3;3*1H4/t27-,28+,29+,30+,31+,32?;27-,28-,29-,30-,31-,32?;24-,25-,26-,27-,28?;;;/m011.../s1. The molecule has 0 amide bonds. The van der Waals surface area contributed by atoms with Crippen LogP contribution in [0.25, 0.3) is 32.3 Å². The van der Waals surface area contributed by atoms with Crippen LogP contribution in [0.15, 0.2) is 180 Å². The maximum absolute atomic E-state index is 12.4. The van der Waals surface area contributed by atoms with E-state index in [-0.39, 0.29) is 72.1 Å². The summed E-state index contributed by atoms with van der Waals surface area (Å²) < 4.78 is 33.5. The lowest BCUT2D eigenvalue weighted by atomic mass is 9.58. The number of nitrogens with zero attached hydrogens (tertiary/aromatic N) is 5. The van der Waals surface area contributed by atoms with E-state index in [9.17, 15) is 4.79 Å². The third-order valence-electron chi connectivity index (χ3n) is 32.1. The summed E-state index contributed by atoms with van der Waals surface area (Å²) >= 11 is 0. The number of pyridine rings is 3. The van der Waals surface area contributed by atoms with Crippen molar-refractivity contribution in [2.24, 2.45) is 34.0 Å². The first-order valence-electron chi connectivity index (χ1n) is 40.7. The van der Waals surface area contributed by atoms with E-state index in [1.165, 1.54) is 187 Å². The molecule has 23 rings (SSSR count). The molecule has 9 aliphatic carbocycles. The van der Waals surface area contributed by atoms with Crippen molar-refractivity contribution in [2.75, 3.05) is 52.6 Å². The Bertz CT molecular complexity index is 4480. The zero-order chi connectivity index (χ0) is 68.8. The quantitative estimate of drug-likeness (QED) is 0.165. The fourth-order valence-corrected chi connectivity index (χ4v) is 27.1. The SMILES string of the molecule is C.C.C.C[C@]12CC=C3C=C4CCC(=O)C[C@]45CCC3(O5)[C@@H]1CC[C@@H]2c1ccc2ccncc2c1.C[C@]12CC=C3C=C4CC[C@@H](N5CCOCC5)C[C@]45CCC3(O5)[C@@H]1CC[C@@H]2c1ccc2ccncc2c1.C[C@]12CC=C3C=C4CC[C@H](N5CCOCC5)C[C@]45CCC3(O5)[C@@H]1CC[C@@H]2c1ccc2ccncc2c1. The number of benzene rings is 3. The molecule has 11 nitrogen and oxygen atoms in total. The van der Waals surface area contributed by atoms with E-state index in [1.54, 1.807) is 11.1 Å². The Kier molecular flexibility index (Phi) is 17.6. The lowest BCUT2D eigenvalue weighted by Gasteiger charge is -2.55. The number of rotatable bonds is 5. The van der Waals surface area contributed by atoms with E-state index >= 15 is 0 Å². The van der Waals surface area contributed by atoms with E-state index < -0.39 is 0 Å². The van der Waals surface area contributed by atoms with Crippen LogP contribution in [0, 0.1) is 34.0 Å². The van der Waals surface area contributed by atoms with Crippen LogP contribution in [0.2, 0.25) is 0 Å². The monoisotopic (exact) mass is 1420 g/mol. The molecule has 3 aromatic carbocycles. The normalized spacial score (nSPS) is 40.3. The zero-order valence-electron chi connectivity index (χ0n) is 61.3. The molecule has 0 N–H and O–H groups in total. The molecule has 17 aliphatic rings. The molecule has 11 heterocycles. The summed E-state index contributed by atoms with van der Waals surface area (Å²) in [6.45, 7) is 15.5. The Labute approximate surface area is 631 Å². The van der Waals surface area contributed by atoms with Crippen LogP contribution < -0.4 is 0 Å². The van der Waals surface area contributed by atoms with Gasteiger partial charge >= 0.3 is 0 Å². The van der Waals surface area contributed by atoms with Gasteiger partial charge in [0.25, 0.3) is 0 Å². The van der Waals surface area contributed by atoms with E-state index in [0.717, 1.165) is 78.3 Å². The molecule has 6 spiro atoms. The topological polar surface area (TPSA) is 108 Å². The molecule has 17 atom stereocenters. The molecular formula is C95H117N5O6. The van der Waals surface area contributed by atoms with Crippen molar-refractivity contribution < 1.29 is 28.5 Å². The molecule has 3 aromatic heterocycles. The molecule has 3 unspecified atom stereocenters. The average molecular weight is 1430 g/mol. The maximum Gasteiger partial charge on any atom is 0.136 e. The van der Waals surface area contributed by atoms with E-state index in [0.29, 0.717) is 66.2 Å². The Morgan fingerprint density at radius 2 is 0.755 bits per heavy atom. The fourth-order valence-electron chi connectivity index (χ4n) is 27.1. The van der Waals surface area contributed by atoms with Gasteiger partial charge in [-0.1, -0.05) is 116 Å². The minimum Gasteiger partial charge on any atom is -0.379 e. The van der Waals surface area contributed by atoms with Crippen molar-refractivity contribution in [3.05, 3.63) is 197 Å². The number of hydrogen-bond acceptors (Lipinski definition) is 11. The molecule has 6 bridgehead atoms. The Hall–Kier alpha value is -6.28. The zero-order valence-corrected chi connectivity index (χ0v) is 61.3. The number of carbonyl (C=O) groups excluding carboxylic acids is 1. The molecule has 106 heavy (non-hydrogen) atoms. The van der Waals surface area contributed by atoms with Crippen molar-refractivity contribution in [3.63, 3.8) is 0 Å². The summed E-state index contributed by atoms with van der Waals surface area (Å²) in [6, 6.07) is 28.8. The van der Waals surface area contributed by atoms with Crippen molar-refractivity contribution in [1.29, 1.82) is 0 Å². The molecule has 558 valence electrons. The predicted octanol–water partition coefficient (Wildman–Crippen LogP) is 20.3. The molecule has 11 fully saturated rings. The van der Waals surface area contributed by atoms with Crippen LogP contribution in [0.5, 0.6) is 0 Å². The highest BCUT2D eigenvalue weighted by molar-refractivity contribution is 5.85. The number of aromatic nitrogens is 3. The molecule has 0 radical (unpaired) electrons. The summed E-state index contributed by atoms with van der Waals surface area (Å²) in [5, 5.41) is 7.61. The summed E-state index contributed by atoms with van der Waals surface area (Å²) in [7, 11) is 0. The van der Waals surface area contributed by atoms with Gasteiger partial charge in [0.2, 0.25) is 0 Å². The summed E-state index contributed by atoms with van der Waals surface area (Å²) in [6.07, 6.45) is 54.4. The largest absolute Gasteiger partial charge is 0.379 e. The van der Waals surface area contributed by atoms with E-state index in [4.69, 9.17) is 23.7 Å². The minimum atomic E-state index is -0.294. The molecular weight excluding hydrogens is 1310 g/mol. The molecule has 5 saturated heterocycles. The smallest absolute Gasteiger partial charge is 0.136 e. The average Bonchev–Trinajstić information content (AvgIpc) is 1.52. The lowest BCUT2D eigenvalue weighted by molar-refractivity contribution is -0.146. The van der Waals surface area contributed by atoms with Gasteiger partial charge in [-0.05, 0) is 296 Å².